The summed E-state index contributed by atoms with van der Waals surface area (Å²) in [5, 5.41) is 0.287. The number of hydrogen-bond acceptors (Lipinski definition) is 6. The lowest BCUT2D eigenvalue weighted by atomic mass is 10.1. The predicted molar refractivity (Wildman–Crippen MR) is 154 cm³/mol. The molecule has 0 amide bonds. The van der Waals surface area contributed by atoms with Gasteiger partial charge in [0.05, 0.1) is 11.1 Å². The lowest BCUT2D eigenvalue weighted by Gasteiger charge is -2.10. The molecular weight excluding hydrogens is 547 g/mol. The van der Waals surface area contributed by atoms with E-state index >= 15 is 0 Å². The van der Waals surface area contributed by atoms with Gasteiger partial charge < -0.3 is 9.47 Å². The average molecular weight is 569 g/mol. The van der Waals surface area contributed by atoms with E-state index in [0.29, 0.717) is 33.6 Å². The van der Waals surface area contributed by atoms with E-state index in [1.165, 1.54) is 0 Å². The third kappa shape index (κ3) is 6.54. The van der Waals surface area contributed by atoms with Gasteiger partial charge in [-0.25, -0.2) is 19.6 Å². The van der Waals surface area contributed by atoms with Crippen molar-refractivity contribution in [2.45, 2.75) is 13.2 Å². The molecule has 8 heteroatoms. The minimum atomic E-state index is -0.437. The van der Waals surface area contributed by atoms with Crippen molar-refractivity contribution < 1.29 is 19.1 Å². The maximum Gasteiger partial charge on any atom is 0.338 e. The molecule has 0 fully saturated rings. The smallest absolute Gasteiger partial charge is 0.338 e. The van der Waals surface area contributed by atoms with Gasteiger partial charge in [0.15, 0.2) is 10.3 Å². The van der Waals surface area contributed by atoms with E-state index in [1.54, 1.807) is 48.5 Å². The van der Waals surface area contributed by atoms with Gasteiger partial charge in [0.1, 0.15) is 24.6 Å². The lowest BCUT2D eigenvalue weighted by Crippen LogP contribution is -2.05. The molecule has 5 rings (SSSR count). The maximum absolute atomic E-state index is 12.4. The number of halogens is 2. The van der Waals surface area contributed by atoms with Gasteiger partial charge >= 0.3 is 11.9 Å². The summed E-state index contributed by atoms with van der Waals surface area (Å²) >= 11 is 13.0. The highest BCUT2D eigenvalue weighted by atomic mass is 35.5. The molecular formula is C32H22Cl2N2O4. The van der Waals surface area contributed by atoms with E-state index in [0.717, 1.165) is 11.1 Å². The monoisotopic (exact) mass is 568 g/mol. The van der Waals surface area contributed by atoms with Gasteiger partial charge in [-0.05, 0) is 35.4 Å². The van der Waals surface area contributed by atoms with Crippen LogP contribution in [0, 0.1) is 0 Å². The molecule has 6 nitrogen and oxygen atoms in total. The van der Waals surface area contributed by atoms with Crippen molar-refractivity contribution in [2.24, 2.45) is 0 Å². The van der Waals surface area contributed by atoms with Crippen LogP contribution in [0.2, 0.25) is 10.3 Å². The summed E-state index contributed by atoms with van der Waals surface area (Å²) in [6, 6.07) is 32.3. The molecule has 0 N–H and O–H groups in total. The Morgan fingerprint density at radius 3 is 1.23 bits per heavy atom. The summed E-state index contributed by atoms with van der Waals surface area (Å²) in [6.45, 7) is 0.372. The van der Waals surface area contributed by atoms with E-state index in [-0.39, 0.29) is 23.5 Å². The number of ether oxygens (including phenoxy) is 2. The first kappa shape index (κ1) is 27.1. The molecule has 1 aromatic heterocycles. The third-order valence-corrected chi connectivity index (χ3v) is 6.55. The zero-order valence-corrected chi connectivity index (χ0v) is 22.6. The fourth-order valence-electron chi connectivity index (χ4n) is 3.90. The molecule has 0 atom stereocenters. The second kappa shape index (κ2) is 12.6. The maximum atomic E-state index is 12.4. The quantitative estimate of drug-likeness (QED) is 0.177. The highest BCUT2D eigenvalue weighted by Gasteiger charge is 2.16. The molecule has 0 unspecified atom stereocenters. The predicted octanol–water partition coefficient (Wildman–Crippen LogP) is 7.83. The van der Waals surface area contributed by atoms with Gasteiger partial charge in [0, 0.05) is 11.1 Å². The number of carbonyl (C=O) groups is 2. The molecule has 0 bridgehead atoms. The number of nitrogens with zero attached hydrogens (tertiary/aromatic N) is 2. The van der Waals surface area contributed by atoms with Crippen molar-refractivity contribution in [1.82, 2.24) is 9.97 Å². The summed E-state index contributed by atoms with van der Waals surface area (Å²) in [4.78, 5) is 33.8. The normalized spacial score (nSPS) is 10.7. The van der Waals surface area contributed by atoms with E-state index in [2.05, 4.69) is 9.97 Å². The first-order valence-corrected chi connectivity index (χ1v) is 13.1. The van der Waals surface area contributed by atoms with Crippen LogP contribution in [-0.4, -0.2) is 21.9 Å². The molecule has 198 valence electrons. The summed E-state index contributed by atoms with van der Waals surface area (Å²) < 4.78 is 10.8. The van der Waals surface area contributed by atoms with Crippen LogP contribution in [0.25, 0.3) is 22.5 Å². The standard InChI is InChI=1S/C32H22Cl2N2O4/c33-29-27(23-11-15-25(16-12-23)31(37)39-19-21-7-3-1-4-8-21)35-30(34)28(36-29)24-13-17-26(18-14-24)32(38)40-20-22-9-5-2-6-10-22/h1-18H,19-20H2. The molecule has 0 aliphatic heterocycles. The number of hydrogen-bond donors (Lipinski definition) is 0. The Kier molecular flexibility index (Phi) is 8.50. The minimum absolute atomic E-state index is 0.144. The number of aromatic nitrogens is 2. The molecule has 1 heterocycles. The molecule has 0 saturated carbocycles. The number of carbonyl (C=O) groups excluding carboxylic acids is 2. The van der Waals surface area contributed by atoms with Crippen LogP contribution in [0.15, 0.2) is 109 Å². The van der Waals surface area contributed by atoms with Gasteiger partial charge in [0.2, 0.25) is 0 Å². The zero-order valence-electron chi connectivity index (χ0n) is 21.1. The summed E-state index contributed by atoms with van der Waals surface area (Å²) in [5.74, 6) is -0.873. The van der Waals surface area contributed by atoms with Crippen LogP contribution in [0.5, 0.6) is 0 Å². The summed E-state index contributed by atoms with van der Waals surface area (Å²) in [5.41, 5.74) is 4.64. The minimum Gasteiger partial charge on any atom is -0.457 e. The van der Waals surface area contributed by atoms with Crippen LogP contribution < -0.4 is 0 Å². The summed E-state index contributed by atoms with van der Waals surface area (Å²) in [6.07, 6.45) is 0. The molecule has 0 spiro atoms. The van der Waals surface area contributed by atoms with Gasteiger partial charge in [-0.3, -0.25) is 0 Å². The second-order valence-electron chi connectivity index (χ2n) is 8.78. The molecule has 40 heavy (non-hydrogen) atoms. The molecule has 4 aromatic carbocycles. The zero-order chi connectivity index (χ0) is 27.9. The average Bonchev–Trinajstić information content (AvgIpc) is 3.01. The molecule has 0 aliphatic carbocycles. The van der Waals surface area contributed by atoms with E-state index < -0.39 is 11.9 Å². The lowest BCUT2D eigenvalue weighted by molar-refractivity contribution is 0.0464. The van der Waals surface area contributed by atoms with E-state index in [1.807, 2.05) is 60.7 Å². The van der Waals surface area contributed by atoms with Crippen molar-refractivity contribution in [3.8, 4) is 22.5 Å². The van der Waals surface area contributed by atoms with Crippen LogP contribution in [-0.2, 0) is 22.7 Å². The van der Waals surface area contributed by atoms with Crippen molar-refractivity contribution in [1.29, 1.82) is 0 Å². The largest absolute Gasteiger partial charge is 0.457 e. The Morgan fingerprint density at radius 2 is 0.875 bits per heavy atom. The Hall–Kier alpha value is -4.52. The fraction of sp³-hybridized carbons (Fsp3) is 0.0625. The van der Waals surface area contributed by atoms with Crippen molar-refractivity contribution in [3.63, 3.8) is 0 Å². The van der Waals surface area contributed by atoms with E-state index in [9.17, 15) is 9.59 Å². The first-order chi connectivity index (χ1) is 19.5. The van der Waals surface area contributed by atoms with Crippen molar-refractivity contribution in [2.75, 3.05) is 0 Å². The van der Waals surface area contributed by atoms with Crippen LogP contribution in [0.3, 0.4) is 0 Å². The Labute approximate surface area is 241 Å². The molecule has 0 radical (unpaired) electrons. The topological polar surface area (TPSA) is 78.4 Å². The van der Waals surface area contributed by atoms with Crippen LogP contribution >= 0.6 is 23.2 Å². The van der Waals surface area contributed by atoms with E-state index in [4.69, 9.17) is 32.7 Å². The molecule has 0 saturated heterocycles. The Balaban J connectivity index is 1.26. The third-order valence-electron chi connectivity index (χ3n) is 6.02. The number of rotatable bonds is 8. The number of esters is 2. The fourth-order valence-corrected chi connectivity index (χ4v) is 4.37. The van der Waals surface area contributed by atoms with Crippen molar-refractivity contribution >= 4 is 35.1 Å². The Morgan fingerprint density at radius 1 is 0.525 bits per heavy atom. The molecule has 0 aliphatic rings. The number of benzene rings is 4. The Bertz CT molecular complexity index is 1500. The van der Waals surface area contributed by atoms with Crippen LogP contribution in [0.4, 0.5) is 0 Å². The van der Waals surface area contributed by atoms with Gasteiger partial charge in [-0.2, -0.15) is 0 Å². The van der Waals surface area contributed by atoms with Crippen LogP contribution in [0.1, 0.15) is 31.8 Å². The first-order valence-electron chi connectivity index (χ1n) is 12.3. The summed E-state index contributed by atoms with van der Waals surface area (Å²) in [7, 11) is 0. The van der Waals surface area contributed by atoms with Gasteiger partial charge in [-0.15, -0.1) is 0 Å². The SMILES string of the molecule is O=C(OCc1ccccc1)c1ccc(-c2nc(Cl)c(-c3ccc(C(=O)OCc4ccccc4)cc3)nc2Cl)cc1. The highest BCUT2D eigenvalue weighted by molar-refractivity contribution is 6.34. The van der Waals surface area contributed by atoms with Gasteiger partial charge in [0.25, 0.3) is 0 Å². The van der Waals surface area contributed by atoms with Crippen molar-refractivity contribution in [3.05, 3.63) is 142 Å². The van der Waals surface area contributed by atoms with Gasteiger partial charge in [-0.1, -0.05) is 108 Å². The second-order valence-corrected chi connectivity index (χ2v) is 9.50. The molecule has 5 aromatic rings. The highest BCUT2D eigenvalue weighted by Crippen LogP contribution is 2.32.